The van der Waals surface area contributed by atoms with Gasteiger partial charge in [-0.25, -0.2) is 9.37 Å². The van der Waals surface area contributed by atoms with E-state index in [4.69, 9.17) is 16.4 Å². The summed E-state index contributed by atoms with van der Waals surface area (Å²) in [6, 6.07) is 15.0. The van der Waals surface area contributed by atoms with Crippen LogP contribution in [0.15, 0.2) is 66.9 Å². The summed E-state index contributed by atoms with van der Waals surface area (Å²) < 4.78 is 13.9. The Labute approximate surface area is 249 Å². The number of carbonyl (C=O) groups is 2. The Morgan fingerprint density at radius 2 is 2.00 bits per heavy atom. The monoisotopic (exact) mass is 601 g/mol. The molecule has 0 saturated carbocycles. The van der Waals surface area contributed by atoms with Gasteiger partial charge < -0.3 is 20.2 Å². The lowest BCUT2D eigenvalue weighted by molar-refractivity contribution is -0.126. The zero-order chi connectivity index (χ0) is 30.2. The number of carbonyl (C=O) groups excluding carboxylic acids is 2. The predicted molar refractivity (Wildman–Crippen MR) is 154 cm³/mol. The molecule has 5 aromatic rings. The van der Waals surface area contributed by atoms with E-state index in [1.807, 2.05) is 12.1 Å². The molecule has 1 aliphatic heterocycles. The molecule has 3 heterocycles. The lowest BCUT2D eigenvalue weighted by atomic mass is 10.0. The molecular weight excluding hydrogens is 577 g/mol. The molecule has 2 aromatic heterocycles. The van der Waals surface area contributed by atoms with Crippen molar-refractivity contribution in [2.45, 2.75) is 32.5 Å². The third kappa shape index (κ3) is 5.49. The minimum absolute atomic E-state index is 0.0271. The topological polar surface area (TPSA) is 135 Å². The van der Waals surface area contributed by atoms with Crippen LogP contribution in [0, 0.1) is 12.7 Å². The number of aryl methyl sites for hydroxylation is 1. The van der Waals surface area contributed by atoms with Crippen LogP contribution < -0.4 is 10.2 Å². The predicted octanol–water partition coefficient (Wildman–Crippen LogP) is 4.03. The van der Waals surface area contributed by atoms with Crippen molar-refractivity contribution in [1.82, 2.24) is 35.3 Å². The summed E-state index contributed by atoms with van der Waals surface area (Å²) in [5.41, 5.74) is 4.37. The number of aliphatic hydroxyl groups is 1. The second-order valence-electron chi connectivity index (χ2n) is 10.2. The van der Waals surface area contributed by atoms with Crippen LogP contribution in [0.3, 0.4) is 0 Å². The molecule has 218 valence electrons. The Kier molecular flexibility index (Phi) is 7.46. The number of hydrogen-bond acceptors (Lipinski definition) is 8. The van der Waals surface area contributed by atoms with Gasteiger partial charge in [-0.3, -0.25) is 9.59 Å². The second kappa shape index (κ2) is 11.4. The molecule has 11 nitrogen and oxygen atoms in total. The Morgan fingerprint density at radius 1 is 1.19 bits per heavy atom. The SMILES string of the molecule is Cc1cc(F)cc(C(CO)NC(=O)C(C)N2Cc3ccc(-c4nc(On5nnc6ccccc65)ncc4Cl)cc3C2=O)c1. The molecule has 0 fully saturated rings. The summed E-state index contributed by atoms with van der Waals surface area (Å²) in [5.74, 6) is -1.30. The Morgan fingerprint density at radius 3 is 2.79 bits per heavy atom. The minimum Gasteiger partial charge on any atom is -0.394 e. The van der Waals surface area contributed by atoms with E-state index >= 15 is 0 Å². The van der Waals surface area contributed by atoms with Crippen molar-refractivity contribution >= 4 is 34.4 Å². The average molecular weight is 602 g/mol. The average Bonchev–Trinajstić information content (AvgIpc) is 3.56. The summed E-state index contributed by atoms with van der Waals surface area (Å²) in [5, 5.41) is 20.9. The number of para-hydroxylation sites is 1. The van der Waals surface area contributed by atoms with Gasteiger partial charge in [0.05, 0.1) is 29.6 Å². The number of aliphatic hydroxyl groups excluding tert-OH is 1. The molecule has 2 unspecified atom stereocenters. The van der Waals surface area contributed by atoms with E-state index in [-0.39, 0.29) is 23.5 Å². The lowest BCUT2D eigenvalue weighted by Gasteiger charge is -2.26. The van der Waals surface area contributed by atoms with Crippen molar-refractivity contribution in [3.05, 3.63) is 100.0 Å². The molecule has 6 rings (SSSR count). The van der Waals surface area contributed by atoms with Gasteiger partial charge in [-0.2, -0.15) is 4.98 Å². The maximum absolute atomic E-state index is 13.9. The first-order chi connectivity index (χ1) is 20.7. The molecule has 43 heavy (non-hydrogen) atoms. The smallest absolute Gasteiger partial charge is 0.346 e. The molecule has 13 heteroatoms. The van der Waals surface area contributed by atoms with Crippen molar-refractivity contribution < 1.29 is 23.9 Å². The molecule has 0 bridgehead atoms. The molecule has 2 N–H and O–H groups in total. The highest BCUT2D eigenvalue weighted by molar-refractivity contribution is 6.32. The quantitative estimate of drug-likeness (QED) is 0.272. The van der Waals surface area contributed by atoms with Gasteiger partial charge in [0, 0.05) is 17.7 Å². The van der Waals surface area contributed by atoms with Crippen LogP contribution in [-0.4, -0.2) is 59.6 Å². The number of benzene rings is 3. The van der Waals surface area contributed by atoms with Gasteiger partial charge >= 0.3 is 6.01 Å². The number of hydrogen-bond donors (Lipinski definition) is 2. The van der Waals surface area contributed by atoms with Gasteiger partial charge in [0.1, 0.15) is 22.9 Å². The molecule has 0 spiro atoms. The molecule has 2 atom stereocenters. The summed E-state index contributed by atoms with van der Waals surface area (Å²) in [4.78, 5) is 43.6. The molecule has 2 amide bonds. The third-order valence-corrected chi connectivity index (χ3v) is 7.52. The van der Waals surface area contributed by atoms with Gasteiger partial charge in [-0.05, 0) is 66.1 Å². The van der Waals surface area contributed by atoms with Crippen molar-refractivity contribution in [3.8, 4) is 17.3 Å². The number of amides is 2. The first-order valence-corrected chi connectivity index (χ1v) is 13.7. The number of halogens is 2. The van der Waals surface area contributed by atoms with Crippen LogP contribution >= 0.6 is 11.6 Å². The summed E-state index contributed by atoms with van der Waals surface area (Å²) in [7, 11) is 0. The van der Waals surface area contributed by atoms with Crippen molar-refractivity contribution in [2.24, 2.45) is 0 Å². The van der Waals surface area contributed by atoms with Crippen LogP contribution in [0.25, 0.3) is 22.3 Å². The maximum Gasteiger partial charge on any atom is 0.346 e. The van der Waals surface area contributed by atoms with Gasteiger partial charge in [0.2, 0.25) is 5.91 Å². The fraction of sp³-hybridized carbons (Fsp3) is 0.200. The number of nitrogens with one attached hydrogen (secondary N) is 1. The number of rotatable bonds is 8. The van der Waals surface area contributed by atoms with Crippen LogP contribution in [0.5, 0.6) is 6.01 Å². The summed E-state index contributed by atoms with van der Waals surface area (Å²) in [6.07, 6.45) is 1.39. The fourth-order valence-corrected chi connectivity index (χ4v) is 5.21. The highest BCUT2D eigenvalue weighted by Crippen LogP contribution is 2.33. The van der Waals surface area contributed by atoms with E-state index in [9.17, 15) is 19.1 Å². The first kappa shape index (κ1) is 28.2. The van der Waals surface area contributed by atoms with Gasteiger partial charge in [0.25, 0.3) is 5.91 Å². The van der Waals surface area contributed by atoms with Crippen LogP contribution in [0.4, 0.5) is 4.39 Å². The standard InChI is InChI=1S/C30H25ClFN7O4/c1-16-9-20(11-21(32)10-16)25(15-40)34-28(41)17(2)38-14-19-8-7-18(12-22(19)29(38)42)27-23(31)13-33-30(35-27)43-39-26-6-4-3-5-24(26)36-37-39/h3-13,17,25,40H,14-15H2,1-2H3,(H,34,41). The molecule has 0 aliphatic carbocycles. The number of nitrogens with zero attached hydrogens (tertiary/aromatic N) is 6. The Bertz CT molecular complexity index is 1860. The van der Waals surface area contributed by atoms with Gasteiger partial charge in [0.15, 0.2) is 0 Å². The normalized spacial score (nSPS) is 14.1. The highest BCUT2D eigenvalue weighted by atomic mass is 35.5. The molecule has 0 saturated heterocycles. The lowest BCUT2D eigenvalue weighted by Crippen LogP contribution is -2.46. The first-order valence-electron chi connectivity index (χ1n) is 13.4. The van der Waals surface area contributed by atoms with Crippen LogP contribution in [0.1, 0.15) is 40.0 Å². The molecule has 3 aromatic carbocycles. The van der Waals surface area contributed by atoms with Crippen molar-refractivity contribution in [3.63, 3.8) is 0 Å². The van der Waals surface area contributed by atoms with Crippen LogP contribution in [0.2, 0.25) is 5.02 Å². The largest absolute Gasteiger partial charge is 0.394 e. The molecule has 0 radical (unpaired) electrons. The maximum atomic E-state index is 13.9. The van der Waals surface area contributed by atoms with E-state index in [2.05, 4.69) is 25.6 Å². The Balaban J connectivity index is 1.20. The zero-order valence-electron chi connectivity index (χ0n) is 23.0. The van der Waals surface area contributed by atoms with E-state index in [1.165, 1.54) is 28.1 Å². The third-order valence-electron chi connectivity index (χ3n) is 7.24. The summed E-state index contributed by atoms with van der Waals surface area (Å²) in [6.45, 7) is 3.10. The Hall–Kier alpha value is -4.94. The van der Waals surface area contributed by atoms with Gasteiger partial charge in [-0.15, -0.1) is 5.10 Å². The number of aromatic nitrogens is 5. The van der Waals surface area contributed by atoms with Crippen molar-refractivity contribution in [2.75, 3.05) is 6.61 Å². The number of fused-ring (bicyclic) bond motifs is 2. The zero-order valence-corrected chi connectivity index (χ0v) is 23.8. The second-order valence-corrected chi connectivity index (χ2v) is 10.6. The highest BCUT2D eigenvalue weighted by Gasteiger charge is 2.35. The fourth-order valence-electron chi connectivity index (χ4n) is 5.01. The van der Waals surface area contributed by atoms with E-state index < -0.39 is 30.4 Å². The minimum atomic E-state index is -0.868. The molecular formula is C30H25ClFN7O4. The van der Waals surface area contributed by atoms with E-state index in [0.717, 1.165) is 5.56 Å². The van der Waals surface area contributed by atoms with E-state index in [0.29, 0.717) is 39.0 Å². The summed E-state index contributed by atoms with van der Waals surface area (Å²) >= 11 is 6.44. The van der Waals surface area contributed by atoms with Crippen molar-refractivity contribution in [1.29, 1.82) is 0 Å². The molecule has 1 aliphatic rings. The van der Waals surface area contributed by atoms with Crippen LogP contribution in [-0.2, 0) is 11.3 Å². The van der Waals surface area contributed by atoms with Gasteiger partial charge in [-0.1, -0.05) is 46.8 Å². The van der Waals surface area contributed by atoms with E-state index in [1.54, 1.807) is 50.2 Å².